The van der Waals surface area contributed by atoms with E-state index in [0.29, 0.717) is 25.9 Å². The Morgan fingerprint density at radius 1 is 1.05 bits per heavy atom. The van der Waals surface area contributed by atoms with Crippen LogP contribution in [0, 0.1) is 5.41 Å². The molecule has 0 radical (unpaired) electrons. The second-order valence-corrected chi connectivity index (χ2v) is 7.09. The zero-order chi connectivity index (χ0) is 15.6. The molecule has 0 bridgehead atoms. The van der Waals surface area contributed by atoms with Gasteiger partial charge in [0.15, 0.2) is 0 Å². The van der Waals surface area contributed by atoms with E-state index in [0.717, 1.165) is 25.7 Å². The van der Waals surface area contributed by atoms with E-state index in [1.54, 1.807) is 0 Å². The lowest BCUT2D eigenvalue weighted by atomic mass is 9.80. The smallest absolute Gasteiger partial charge is 0.326 e. The molecule has 0 saturated heterocycles. The van der Waals surface area contributed by atoms with Gasteiger partial charge in [0.2, 0.25) is 0 Å². The Kier molecular flexibility index (Phi) is 9.36. The third-order valence-corrected chi connectivity index (χ3v) is 4.41. The van der Waals surface area contributed by atoms with Gasteiger partial charge in [-0.05, 0) is 19.3 Å². The van der Waals surface area contributed by atoms with Gasteiger partial charge in [-0.3, -0.25) is 9.36 Å². The Hall–Kier alpha value is -0.380. The third kappa shape index (κ3) is 7.41. The minimum Gasteiger partial charge on any atom is -0.465 e. The van der Waals surface area contributed by atoms with Crippen molar-refractivity contribution in [1.29, 1.82) is 0 Å². The van der Waals surface area contributed by atoms with Crippen molar-refractivity contribution in [2.24, 2.45) is 5.41 Å². The van der Waals surface area contributed by atoms with Gasteiger partial charge in [-0.1, -0.05) is 46.5 Å². The molecule has 6 heteroatoms. The zero-order valence-corrected chi connectivity index (χ0v) is 13.8. The normalized spacial score (nSPS) is 12.4. The van der Waals surface area contributed by atoms with Crippen molar-refractivity contribution in [1.82, 2.24) is 0 Å². The maximum Gasteiger partial charge on any atom is 0.326 e. The largest absolute Gasteiger partial charge is 0.465 e. The lowest BCUT2D eigenvalue weighted by molar-refractivity contribution is -0.156. The van der Waals surface area contributed by atoms with Crippen molar-refractivity contribution in [3.8, 4) is 0 Å². The molecule has 0 aromatic rings. The van der Waals surface area contributed by atoms with Gasteiger partial charge < -0.3 is 14.5 Å². The van der Waals surface area contributed by atoms with Gasteiger partial charge in [0.1, 0.15) is 0 Å². The van der Waals surface area contributed by atoms with E-state index < -0.39 is 25.1 Å². The molecule has 0 aliphatic heterocycles. The quantitative estimate of drug-likeness (QED) is 0.451. The van der Waals surface area contributed by atoms with Crippen LogP contribution in [0.1, 0.15) is 65.7 Å². The molecule has 20 heavy (non-hydrogen) atoms. The van der Waals surface area contributed by atoms with Gasteiger partial charge in [-0.2, -0.15) is 0 Å². The fourth-order valence-corrected chi connectivity index (χ4v) is 3.56. The Morgan fingerprint density at radius 3 is 1.90 bits per heavy atom. The standard InChI is InChI=1S/C14H29O5P/c1-4-7-9-14(10-8-5-2,12-20(16,17)18)13(15)19-11-6-3/h4-12H2,1-3H3,(H2,16,17,18). The molecular weight excluding hydrogens is 279 g/mol. The average Bonchev–Trinajstić information content (AvgIpc) is 2.37. The average molecular weight is 308 g/mol. The van der Waals surface area contributed by atoms with Crippen LogP contribution >= 0.6 is 7.60 Å². The summed E-state index contributed by atoms with van der Waals surface area (Å²) in [7, 11) is -4.25. The SMILES string of the molecule is CCCCC(CCCC)(CP(=O)(O)O)C(=O)OCCC. The summed E-state index contributed by atoms with van der Waals surface area (Å²) in [6.07, 6.45) is 4.58. The summed E-state index contributed by atoms with van der Waals surface area (Å²) in [6.45, 7) is 6.20. The van der Waals surface area contributed by atoms with E-state index in [1.807, 2.05) is 20.8 Å². The van der Waals surface area contributed by atoms with Crippen molar-refractivity contribution < 1.29 is 23.9 Å². The molecule has 0 rings (SSSR count). The second-order valence-electron chi connectivity index (χ2n) is 5.45. The molecule has 0 spiro atoms. The van der Waals surface area contributed by atoms with Gasteiger partial charge in [-0.15, -0.1) is 0 Å². The maximum atomic E-state index is 12.3. The molecular formula is C14H29O5P. The first-order valence-corrected chi connectivity index (χ1v) is 9.33. The number of carbonyl (C=O) groups excluding carboxylic acids is 1. The predicted octanol–water partition coefficient (Wildman–Crippen LogP) is 3.48. The van der Waals surface area contributed by atoms with Crippen LogP contribution in [0.3, 0.4) is 0 Å². The van der Waals surface area contributed by atoms with Crippen molar-refractivity contribution >= 4 is 13.6 Å². The first-order chi connectivity index (χ1) is 9.31. The zero-order valence-electron chi connectivity index (χ0n) is 12.9. The molecule has 0 atom stereocenters. The number of hydrogen-bond acceptors (Lipinski definition) is 3. The number of unbranched alkanes of at least 4 members (excludes halogenated alkanes) is 2. The Labute approximate surface area is 122 Å². The molecule has 0 fully saturated rings. The minimum atomic E-state index is -4.25. The van der Waals surface area contributed by atoms with Gasteiger partial charge in [0.25, 0.3) is 0 Å². The van der Waals surface area contributed by atoms with Crippen LogP contribution in [-0.4, -0.2) is 28.5 Å². The van der Waals surface area contributed by atoms with E-state index in [1.165, 1.54) is 0 Å². The van der Waals surface area contributed by atoms with Crippen molar-refractivity contribution in [2.45, 2.75) is 65.7 Å². The summed E-state index contributed by atoms with van der Waals surface area (Å²) >= 11 is 0. The van der Waals surface area contributed by atoms with E-state index >= 15 is 0 Å². The molecule has 0 saturated carbocycles. The molecule has 0 heterocycles. The van der Waals surface area contributed by atoms with Crippen molar-refractivity contribution in [3.05, 3.63) is 0 Å². The monoisotopic (exact) mass is 308 g/mol. The van der Waals surface area contributed by atoms with Crippen LogP contribution in [-0.2, 0) is 14.1 Å². The molecule has 5 nitrogen and oxygen atoms in total. The number of ether oxygens (including phenoxy) is 1. The summed E-state index contributed by atoms with van der Waals surface area (Å²) in [4.78, 5) is 31.0. The third-order valence-electron chi connectivity index (χ3n) is 3.40. The first kappa shape index (κ1) is 19.6. The van der Waals surface area contributed by atoms with E-state index in [4.69, 9.17) is 4.74 Å². The molecule has 0 aromatic carbocycles. The topological polar surface area (TPSA) is 83.8 Å². The lowest BCUT2D eigenvalue weighted by Gasteiger charge is -2.31. The van der Waals surface area contributed by atoms with Crippen LogP contribution in [0.5, 0.6) is 0 Å². The summed E-state index contributed by atoms with van der Waals surface area (Å²) in [5.74, 6) is -0.440. The van der Waals surface area contributed by atoms with Crippen molar-refractivity contribution in [2.75, 3.05) is 12.8 Å². The Balaban J connectivity index is 5.16. The first-order valence-electron chi connectivity index (χ1n) is 7.53. The number of hydrogen-bond donors (Lipinski definition) is 2. The number of carbonyl (C=O) groups is 1. The highest BCUT2D eigenvalue weighted by atomic mass is 31.2. The molecule has 0 unspecified atom stereocenters. The minimum absolute atomic E-state index is 0.306. The second kappa shape index (κ2) is 9.54. The fraction of sp³-hybridized carbons (Fsp3) is 0.929. The lowest BCUT2D eigenvalue weighted by Crippen LogP contribution is -2.37. The van der Waals surface area contributed by atoms with Crippen LogP contribution in [0.15, 0.2) is 0 Å². The van der Waals surface area contributed by atoms with Crippen LogP contribution < -0.4 is 0 Å². The van der Waals surface area contributed by atoms with E-state index in [9.17, 15) is 19.1 Å². The maximum absolute atomic E-state index is 12.3. The molecule has 0 aromatic heterocycles. The predicted molar refractivity (Wildman–Crippen MR) is 79.6 cm³/mol. The summed E-state index contributed by atoms with van der Waals surface area (Å²) in [5.41, 5.74) is -1.03. The highest BCUT2D eigenvalue weighted by molar-refractivity contribution is 7.51. The highest BCUT2D eigenvalue weighted by Crippen LogP contribution is 2.47. The van der Waals surface area contributed by atoms with Gasteiger partial charge in [-0.25, -0.2) is 0 Å². The van der Waals surface area contributed by atoms with Crippen molar-refractivity contribution in [3.63, 3.8) is 0 Å². The van der Waals surface area contributed by atoms with Crippen LogP contribution in [0.2, 0.25) is 0 Å². The van der Waals surface area contributed by atoms with Crippen LogP contribution in [0.4, 0.5) is 0 Å². The molecule has 0 aliphatic rings. The van der Waals surface area contributed by atoms with Crippen LogP contribution in [0.25, 0.3) is 0 Å². The Bertz CT molecular complexity index is 316. The molecule has 2 N–H and O–H groups in total. The number of rotatable bonds is 11. The highest BCUT2D eigenvalue weighted by Gasteiger charge is 2.43. The fourth-order valence-electron chi connectivity index (χ4n) is 2.32. The summed E-state index contributed by atoms with van der Waals surface area (Å²) in [6, 6.07) is 0. The Morgan fingerprint density at radius 2 is 1.55 bits per heavy atom. The number of esters is 1. The summed E-state index contributed by atoms with van der Waals surface area (Å²) in [5, 5.41) is 0. The molecule has 0 aliphatic carbocycles. The summed E-state index contributed by atoms with van der Waals surface area (Å²) < 4.78 is 16.7. The molecule has 0 amide bonds. The van der Waals surface area contributed by atoms with Gasteiger partial charge in [0, 0.05) is 0 Å². The van der Waals surface area contributed by atoms with E-state index in [2.05, 4.69) is 0 Å². The molecule has 120 valence electrons. The van der Waals surface area contributed by atoms with E-state index in [-0.39, 0.29) is 0 Å². The van der Waals surface area contributed by atoms with Gasteiger partial charge >= 0.3 is 13.6 Å². The van der Waals surface area contributed by atoms with Gasteiger partial charge in [0.05, 0.1) is 18.2 Å².